The Bertz CT molecular complexity index is 1110. The van der Waals surface area contributed by atoms with E-state index in [0.717, 1.165) is 5.56 Å². The van der Waals surface area contributed by atoms with Gasteiger partial charge in [0.1, 0.15) is 13.4 Å². The van der Waals surface area contributed by atoms with E-state index in [2.05, 4.69) is 0 Å². The molecular formula is C23H29BFNO6. The van der Waals surface area contributed by atoms with Crippen molar-refractivity contribution in [1.82, 2.24) is 4.57 Å². The average Bonchev–Trinajstić information content (AvgIpc) is 2.72. The summed E-state index contributed by atoms with van der Waals surface area (Å²) in [4.78, 5) is 24.2. The summed E-state index contributed by atoms with van der Waals surface area (Å²) >= 11 is 0. The SMILES string of the molecule is BC1(C(C)(C)C)Cc2cc(OCCCOC)c(OC)cc2-c2c(F)c(=O)c(C(=O)O)cn21. The molecule has 0 amide bonds. The monoisotopic (exact) mass is 445 g/mol. The van der Waals surface area contributed by atoms with Gasteiger partial charge in [-0.2, -0.15) is 0 Å². The molecule has 1 N–H and O–H groups in total. The molecule has 0 saturated heterocycles. The molecule has 1 aliphatic heterocycles. The molecule has 1 unspecified atom stereocenters. The highest BCUT2D eigenvalue weighted by atomic mass is 19.1. The van der Waals surface area contributed by atoms with Crippen molar-refractivity contribution in [3.8, 4) is 22.8 Å². The average molecular weight is 445 g/mol. The predicted octanol–water partition coefficient (Wildman–Crippen LogP) is 2.66. The number of hydrogen-bond acceptors (Lipinski definition) is 5. The highest BCUT2D eigenvalue weighted by Crippen LogP contribution is 2.48. The third-order valence-corrected chi connectivity index (χ3v) is 6.46. The number of carboxylic acids is 1. The van der Waals surface area contributed by atoms with Crippen LogP contribution in [0.2, 0.25) is 0 Å². The molecule has 1 aliphatic rings. The number of halogens is 1. The summed E-state index contributed by atoms with van der Waals surface area (Å²) in [6.07, 6.45) is 2.44. The van der Waals surface area contributed by atoms with Crippen molar-refractivity contribution in [1.29, 1.82) is 0 Å². The molecule has 0 bridgehead atoms. The summed E-state index contributed by atoms with van der Waals surface area (Å²) in [6.45, 7) is 6.99. The fraction of sp³-hybridized carbons (Fsp3) is 0.478. The topological polar surface area (TPSA) is 87.0 Å². The zero-order chi connectivity index (χ0) is 23.8. The van der Waals surface area contributed by atoms with Crippen LogP contribution in [-0.2, 0) is 16.6 Å². The van der Waals surface area contributed by atoms with Gasteiger partial charge < -0.3 is 23.9 Å². The predicted molar refractivity (Wildman–Crippen MR) is 121 cm³/mol. The van der Waals surface area contributed by atoms with Gasteiger partial charge in [0.2, 0.25) is 5.43 Å². The van der Waals surface area contributed by atoms with E-state index in [-0.39, 0.29) is 5.69 Å². The number of carbonyl (C=O) groups is 1. The molecule has 0 aliphatic carbocycles. The molecule has 1 aromatic heterocycles. The second-order valence-electron chi connectivity index (χ2n) is 9.27. The van der Waals surface area contributed by atoms with Gasteiger partial charge in [0.15, 0.2) is 17.3 Å². The summed E-state index contributed by atoms with van der Waals surface area (Å²) in [5, 5.41) is 9.47. The van der Waals surface area contributed by atoms with Gasteiger partial charge in [-0.15, -0.1) is 0 Å². The van der Waals surface area contributed by atoms with E-state index in [1.165, 1.54) is 13.3 Å². The minimum absolute atomic E-state index is 0.0582. The third-order valence-electron chi connectivity index (χ3n) is 6.46. The molecule has 0 fully saturated rings. The molecule has 1 atom stereocenters. The first-order valence-electron chi connectivity index (χ1n) is 10.5. The number of ether oxygens (including phenoxy) is 3. The van der Waals surface area contributed by atoms with Crippen LogP contribution in [0.5, 0.6) is 11.5 Å². The maximum Gasteiger partial charge on any atom is 0.341 e. The van der Waals surface area contributed by atoms with E-state index < -0.39 is 33.6 Å². The van der Waals surface area contributed by atoms with Crippen LogP contribution in [0.4, 0.5) is 4.39 Å². The van der Waals surface area contributed by atoms with Crippen LogP contribution in [0.25, 0.3) is 11.3 Å². The van der Waals surface area contributed by atoms with Gasteiger partial charge in [0.25, 0.3) is 0 Å². The lowest BCUT2D eigenvalue weighted by Crippen LogP contribution is -2.51. The third kappa shape index (κ3) is 3.90. The molecule has 172 valence electrons. The van der Waals surface area contributed by atoms with Crippen molar-refractivity contribution in [3.05, 3.63) is 45.5 Å². The number of pyridine rings is 1. The second-order valence-corrected chi connectivity index (χ2v) is 9.27. The van der Waals surface area contributed by atoms with Crippen LogP contribution < -0.4 is 14.9 Å². The normalized spacial score (nSPS) is 17.4. The summed E-state index contributed by atoms with van der Waals surface area (Å²) in [5.41, 5.74) is -1.48. The number of benzene rings is 1. The number of fused-ring (bicyclic) bond motifs is 3. The molecular weight excluding hydrogens is 416 g/mol. The zero-order valence-electron chi connectivity index (χ0n) is 19.4. The van der Waals surface area contributed by atoms with Gasteiger partial charge in [0, 0.05) is 37.3 Å². The van der Waals surface area contributed by atoms with Gasteiger partial charge in [0.05, 0.1) is 19.4 Å². The molecule has 2 aromatic rings. The van der Waals surface area contributed by atoms with Crippen molar-refractivity contribution in [3.63, 3.8) is 0 Å². The number of methoxy groups -OCH3 is 2. The van der Waals surface area contributed by atoms with Crippen LogP contribution in [0.1, 0.15) is 43.1 Å². The summed E-state index contributed by atoms with van der Waals surface area (Å²) in [6, 6.07) is 3.47. The maximum atomic E-state index is 15.5. The van der Waals surface area contributed by atoms with Crippen LogP contribution in [-0.4, -0.2) is 50.9 Å². The maximum absolute atomic E-state index is 15.5. The van der Waals surface area contributed by atoms with Gasteiger partial charge in [-0.3, -0.25) is 4.79 Å². The Balaban J connectivity index is 2.28. The number of aromatic carboxylic acids is 1. The lowest BCUT2D eigenvalue weighted by atomic mass is 9.56. The van der Waals surface area contributed by atoms with Gasteiger partial charge in [-0.25, -0.2) is 9.18 Å². The van der Waals surface area contributed by atoms with E-state index in [1.807, 2.05) is 34.7 Å². The largest absolute Gasteiger partial charge is 0.493 e. The highest BCUT2D eigenvalue weighted by Gasteiger charge is 2.45. The Morgan fingerprint density at radius 2 is 1.94 bits per heavy atom. The first-order chi connectivity index (χ1) is 15.0. The number of carboxylic acid groups (broad SMARTS) is 1. The van der Waals surface area contributed by atoms with Gasteiger partial charge >= 0.3 is 5.97 Å². The van der Waals surface area contributed by atoms with E-state index in [0.29, 0.717) is 43.1 Å². The minimum atomic E-state index is -1.45. The molecule has 7 nitrogen and oxygen atoms in total. The lowest BCUT2D eigenvalue weighted by molar-refractivity contribution is 0.0692. The molecule has 0 saturated carbocycles. The van der Waals surface area contributed by atoms with Crippen molar-refractivity contribution < 1.29 is 28.5 Å². The van der Waals surface area contributed by atoms with Gasteiger partial charge in [-0.1, -0.05) is 20.8 Å². The summed E-state index contributed by atoms with van der Waals surface area (Å²) in [5.74, 6) is -1.61. The number of nitrogens with zero attached hydrogens (tertiary/aromatic N) is 1. The first kappa shape index (κ1) is 23.8. The van der Waals surface area contributed by atoms with Crippen molar-refractivity contribution >= 4 is 13.8 Å². The number of rotatable bonds is 7. The van der Waals surface area contributed by atoms with Crippen LogP contribution in [0, 0.1) is 11.2 Å². The Kier molecular flexibility index (Phi) is 6.42. The lowest BCUT2D eigenvalue weighted by Gasteiger charge is -2.49. The van der Waals surface area contributed by atoms with Crippen LogP contribution in [0.15, 0.2) is 23.1 Å². The fourth-order valence-electron chi connectivity index (χ4n) is 4.08. The summed E-state index contributed by atoms with van der Waals surface area (Å²) < 4.78 is 33.5. The Labute approximate surface area is 187 Å². The van der Waals surface area contributed by atoms with Crippen LogP contribution in [0.3, 0.4) is 0 Å². The molecule has 0 radical (unpaired) electrons. The quantitative estimate of drug-likeness (QED) is 0.521. The fourth-order valence-corrected chi connectivity index (χ4v) is 4.08. The van der Waals surface area contributed by atoms with E-state index in [9.17, 15) is 14.7 Å². The summed E-state index contributed by atoms with van der Waals surface area (Å²) in [7, 11) is 5.05. The second kappa shape index (κ2) is 8.62. The number of hydrogen-bond donors (Lipinski definition) is 1. The Hall–Kier alpha value is -2.81. The Morgan fingerprint density at radius 1 is 1.25 bits per heavy atom. The van der Waals surface area contributed by atoms with Crippen LogP contribution >= 0.6 is 0 Å². The van der Waals surface area contributed by atoms with Crippen molar-refractivity contribution in [2.75, 3.05) is 27.4 Å². The molecule has 32 heavy (non-hydrogen) atoms. The van der Waals surface area contributed by atoms with E-state index in [4.69, 9.17) is 14.2 Å². The Morgan fingerprint density at radius 3 is 2.50 bits per heavy atom. The van der Waals surface area contributed by atoms with Gasteiger partial charge in [-0.05, 0) is 29.5 Å². The van der Waals surface area contributed by atoms with Crippen molar-refractivity contribution in [2.45, 2.75) is 39.1 Å². The molecule has 1 aromatic carbocycles. The zero-order valence-corrected chi connectivity index (χ0v) is 19.4. The van der Waals surface area contributed by atoms with E-state index >= 15 is 4.39 Å². The standard InChI is InChI=1S/C23H29BFNO6/c1-22(2,3)23(24)11-13-9-17(32-8-6-7-30-4)16(31-5)10-14(13)19-18(25)20(27)15(21(28)29)12-26(19)23/h9-10,12H,6-8,11,24H2,1-5H3,(H,28,29). The highest BCUT2D eigenvalue weighted by molar-refractivity contribution is 6.15. The molecule has 0 spiro atoms. The molecule has 9 heteroatoms. The number of aromatic nitrogens is 1. The minimum Gasteiger partial charge on any atom is -0.493 e. The molecule has 2 heterocycles. The molecule has 3 rings (SSSR count). The van der Waals surface area contributed by atoms with E-state index in [1.54, 1.807) is 17.7 Å². The van der Waals surface area contributed by atoms with Crippen molar-refractivity contribution in [2.24, 2.45) is 5.41 Å². The first-order valence-corrected chi connectivity index (χ1v) is 10.5. The smallest absolute Gasteiger partial charge is 0.341 e.